The molecule has 0 atom stereocenters. The minimum absolute atomic E-state index is 0.0234. The van der Waals surface area contributed by atoms with E-state index in [-0.39, 0.29) is 24.8 Å². The molecule has 1 heterocycles. The third kappa shape index (κ3) is 5.38. The number of anilines is 1. The standard InChI is InChI=1S/C17H21ClN4O2/c1-3-8-22(17(24)9-13-10-19-21(2)11-13)12-16(23)20-15-6-4-14(18)5-7-15/h4-7,10-11H,3,8-9,12H2,1-2H3,(H,20,23). The summed E-state index contributed by atoms with van der Waals surface area (Å²) in [7, 11) is 1.80. The largest absolute Gasteiger partial charge is 0.333 e. The van der Waals surface area contributed by atoms with Gasteiger partial charge in [-0.25, -0.2) is 0 Å². The van der Waals surface area contributed by atoms with Gasteiger partial charge in [-0.15, -0.1) is 0 Å². The minimum atomic E-state index is -0.231. The summed E-state index contributed by atoms with van der Waals surface area (Å²) in [4.78, 5) is 26.2. The van der Waals surface area contributed by atoms with Crippen LogP contribution in [0, 0.1) is 0 Å². The topological polar surface area (TPSA) is 67.2 Å². The Morgan fingerprint density at radius 1 is 1.29 bits per heavy atom. The van der Waals surface area contributed by atoms with Gasteiger partial charge in [-0.1, -0.05) is 18.5 Å². The SMILES string of the molecule is CCCN(CC(=O)Nc1ccc(Cl)cc1)C(=O)Cc1cnn(C)c1. The van der Waals surface area contributed by atoms with E-state index >= 15 is 0 Å². The third-order valence-corrected chi connectivity index (χ3v) is 3.67. The fourth-order valence-electron chi connectivity index (χ4n) is 2.32. The molecule has 0 fully saturated rings. The van der Waals surface area contributed by atoms with E-state index in [0.717, 1.165) is 12.0 Å². The highest BCUT2D eigenvalue weighted by Gasteiger charge is 2.17. The molecule has 0 saturated carbocycles. The van der Waals surface area contributed by atoms with Gasteiger partial charge < -0.3 is 10.2 Å². The molecule has 2 aromatic rings. The van der Waals surface area contributed by atoms with Crippen molar-refractivity contribution >= 4 is 29.1 Å². The molecule has 6 nitrogen and oxygen atoms in total. The van der Waals surface area contributed by atoms with Crippen LogP contribution in [0.5, 0.6) is 0 Å². The van der Waals surface area contributed by atoms with Gasteiger partial charge in [0.15, 0.2) is 0 Å². The van der Waals surface area contributed by atoms with E-state index in [4.69, 9.17) is 11.6 Å². The molecule has 1 aromatic carbocycles. The first kappa shape index (κ1) is 18.0. The number of benzene rings is 1. The van der Waals surface area contributed by atoms with Crippen molar-refractivity contribution in [2.75, 3.05) is 18.4 Å². The number of rotatable bonds is 7. The van der Waals surface area contributed by atoms with Crippen molar-refractivity contribution in [3.05, 3.63) is 47.2 Å². The Bertz CT molecular complexity index is 697. The Morgan fingerprint density at radius 2 is 2.00 bits per heavy atom. The predicted molar refractivity (Wildman–Crippen MR) is 93.9 cm³/mol. The van der Waals surface area contributed by atoms with Gasteiger partial charge in [0.1, 0.15) is 0 Å². The molecule has 0 bridgehead atoms. The Morgan fingerprint density at radius 3 is 2.58 bits per heavy atom. The van der Waals surface area contributed by atoms with E-state index in [2.05, 4.69) is 10.4 Å². The van der Waals surface area contributed by atoms with Crippen molar-refractivity contribution in [3.63, 3.8) is 0 Å². The highest BCUT2D eigenvalue weighted by Crippen LogP contribution is 2.13. The number of amides is 2. The molecule has 7 heteroatoms. The molecular weight excluding hydrogens is 328 g/mol. The maximum absolute atomic E-state index is 12.4. The van der Waals surface area contributed by atoms with Crippen molar-refractivity contribution in [2.24, 2.45) is 7.05 Å². The Hall–Kier alpha value is -2.34. The Labute approximate surface area is 146 Å². The van der Waals surface area contributed by atoms with Gasteiger partial charge >= 0.3 is 0 Å². The molecule has 2 amide bonds. The number of nitrogens with zero attached hydrogens (tertiary/aromatic N) is 3. The van der Waals surface area contributed by atoms with Gasteiger partial charge in [-0.2, -0.15) is 5.10 Å². The number of halogens is 1. The quantitative estimate of drug-likeness (QED) is 0.836. The summed E-state index contributed by atoms with van der Waals surface area (Å²) in [6.45, 7) is 2.53. The molecule has 1 N–H and O–H groups in total. The van der Waals surface area contributed by atoms with E-state index in [1.807, 2.05) is 6.92 Å². The fraction of sp³-hybridized carbons (Fsp3) is 0.353. The number of aryl methyl sites for hydroxylation is 1. The number of hydrogen-bond donors (Lipinski definition) is 1. The number of carbonyl (C=O) groups is 2. The molecule has 128 valence electrons. The first-order chi connectivity index (χ1) is 11.5. The van der Waals surface area contributed by atoms with Crippen LogP contribution in [0.25, 0.3) is 0 Å². The highest BCUT2D eigenvalue weighted by molar-refractivity contribution is 6.30. The normalized spacial score (nSPS) is 10.5. The molecule has 0 aliphatic rings. The maximum Gasteiger partial charge on any atom is 0.243 e. The monoisotopic (exact) mass is 348 g/mol. The number of carbonyl (C=O) groups excluding carboxylic acids is 2. The van der Waals surface area contributed by atoms with Gasteiger partial charge in [0.05, 0.1) is 19.2 Å². The first-order valence-electron chi connectivity index (χ1n) is 7.78. The smallest absolute Gasteiger partial charge is 0.243 e. The molecule has 2 rings (SSSR count). The summed E-state index contributed by atoms with van der Waals surface area (Å²) in [5, 5.41) is 7.43. The molecule has 0 aliphatic carbocycles. The molecule has 0 unspecified atom stereocenters. The van der Waals surface area contributed by atoms with Crippen LogP contribution in [0.1, 0.15) is 18.9 Å². The lowest BCUT2D eigenvalue weighted by molar-refractivity contribution is -0.134. The average molecular weight is 349 g/mol. The zero-order valence-corrected chi connectivity index (χ0v) is 14.6. The predicted octanol–water partition coefficient (Wildman–Crippen LogP) is 2.49. The van der Waals surface area contributed by atoms with Crippen LogP contribution < -0.4 is 5.32 Å². The highest BCUT2D eigenvalue weighted by atomic mass is 35.5. The van der Waals surface area contributed by atoms with Gasteiger partial charge in [0.25, 0.3) is 0 Å². The second-order valence-electron chi connectivity index (χ2n) is 5.57. The number of aromatic nitrogens is 2. The van der Waals surface area contributed by atoms with Crippen LogP contribution in [0.3, 0.4) is 0 Å². The molecule has 24 heavy (non-hydrogen) atoms. The van der Waals surface area contributed by atoms with E-state index in [0.29, 0.717) is 17.3 Å². The molecule has 0 saturated heterocycles. The second kappa shape index (κ2) is 8.49. The molecule has 0 spiro atoms. The summed E-state index contributed by atoms with van der Waals surface area (Å²) in [6, 6.07) is 6.85. The van der Waals surface area contributed by atoms with Crippen LogP contribution >= 0.6 is 11.6 Å². The number of nitrogens with one attached hydrogen (secondary N) is 1. The van der Waals surface area contributed by atoms with Crippen molar-refractivity contribution in [1.29, 1.82) is 0 Å². The molecule has 0 radical (unpaired) electrons. The van der Waals surface area contributed by atoms with Crippen LogP contribution in [-0.2, 0) is 23.1 Å². The molecule has 0 aliphatic heterocycles. The van der Waals surface area contributed by atoms with E-state index in [1.54, 1.807) is 53.3 Å². The van der Waals surface area contributed by atoms with E-state index < -0.39 is 0 Å². The van der Waals surface area contributed by atoms with E-state index in [1.165, 1.54) is 0 Å². The van der Waals surface area contributed by atoms with Gasteiger partial charge in [-0.3, -0.25) is 14.3 Å². The van der Waals surface area contributed by atoms with Crippen molar-refractivity contribution in [3.8, 4) is 0 Å². The van der Waals surface area contributed by atoms with Gasteiger partial charge in [0.2, 0.25) is 11.8 Å². The second-order valence-corrected chi connectivity index (χ2v) is 6.01. The van der Waals surface area contributed by atoms with Crippen molar-refractivity contribution < 1.29 is 9.59 Å². The van der Waals surface area contributed by atoms with Crippen molar-refractivity contribution in [1.82, 2.24) is 14.7 Å². The number of hydrogen-bond acceptors (Lipinski definition) is 3. The maximum atomic E-state index is 12.4. The lowest BCUT2D eigenvalue weighted by atomic mass is 10.2. The van der Waals surface area contributed by atoms with Crippen LogP contribution in [0.4, 0.5) is 5.69 Å². The van der Waals surface area contributed by atoms with Crippen LogP contribution in [-0.4, -0.2) is 39.6 Å². The van der Waals surface area contributed by atoms with Crippen molar-refractivity contribution in [2.45, 2.75) is 19.8 Å². The average Bonchev–Trinajstić information content (AvgIpc) is 2.94. The first-order valence-corrected chi connectivity index (χ1v) is 8.16. The molecular formula is C17H21ClN4O2. The summed E-state index contributed by atoms with van der Waals surface area (Å²) >= 11 is 5.82. The lowest BCUT2D eigenvalue weighted by Gasteiger charge is -2.21. The van der Waals surface area contributed by atoms with E-state index in [9.17, 15) is 9.59 Å². The van der Waals surface area contributed by atoms with Crippen LogP contribution in [0.2, 0.25) is 5.02 Å². The third-order valence-electron chi connectivity index (χ3n) is 3.42. The van der Waals surface area contributed by atoms with Gasteiger partial charge in [0, 0.05) is 30.5 Å². The summed E-state index contributed by atoms with van der Waals surface area (Å²) in [5.41, 5.74) is 1.49. The minimum Gasteiger partial charge on any atom is -0.333 e. The lowest BCUT2D eigenvalue weighted by Crippen LogP contribution is -2.39. The zero-order valence-electron chi connectivity index (χ0n) is 13.8. The molecule has 1 aromatic heterocycles. The zero-order chi connectivity index (χ0) is 17.5. The summed E-state index contributed by atoms with van der Waals surface area (Å²) in [6.07, 6.45) is 4.49. The Kier molecular flexibility index (Phi) is 6.37. The Balaban J connectivity index is 1.94. The fourth-order valence-corrected chi connectivity index (χ4v) is 2.44. The summed E-state index contributed by atoms with van der Waals surface area (Å²) in [5.74, 6) is -0.318. The summed E-state index contributed by atoms with van der Waals surface area (Å²) < 4.78 is 1.65. The van der Waals surface area contributed by atoms with Crippen LogP contribution in [0.15, 0.2) is 36.7 Å². The van der Waals surface area contributed by atoms with Gasteiger partial charge in [-0.05, 0) is 36.2 Å².